The lowest BCUT2D eigenvalue weighted by Gasteiger charge is -2.27. The number of hydrogen-bond donors (Lipinski definition) is 0. The number of sulfone groups is 1. The van der Waals surface area contributed by atoms with E-state index < -0.39 is 31.8 Å². The summed E-state index contributed by atoms with van der Waals surface area (Å²) in [6, 6.07) is 14.0. The Morgan fingerprint density at radius 3 is 2.47 bits per heavy atom. The van der Waals surface area contributed by atoms with Crippen LogP contribution in [0.3, 0.4) is 0 Å². The van der Waals surface area contributed by atoms with Crippen molar-refractivity contribution in [2.75, 3.05) is 29.4 Å². The minimum atomic E-state index is -3.88. The SMILES string of the molecule is C=CCN(C(=O)c1cccc(S(=O)(=O)N(C)c2ccccc2)c1)C1CCS(=O)(=O)C1. The molecule has 0 saturated carbocycles. The number of anilines is 1. The number of nitrogens with zero attached hydrogens (tertiary/aromatic N) is 2. The van der Waals surface area contributed by atoms with Crippen LogP contribution in [0, 0.1) is 0 Å². The molecule has 1 fully saturated rings. The standard InChI is InChI=1S/C21H24N2O5S2/c1-3-13-23(19-12-14-29(25,26)16-19)21(24)17-8-7-11-20(15-17)30(27,28)22(2)18-9-5-4-6-10-18/h3-11,15,19H,1,12-14,16H2,2H3. The smallest absolute Gasteiger partial charge is 0.264 e. The highest BCUT2D eigenvalue weighted by Gasteiger charge is 2.34. The Kier molecular flexibility index (Phi) is 6.33. The highest BCUT2D eigenvalue weighted by molar-refractivity contribution is 7.92. The van der Waals surface area contributed by atoms with E-state index in [2.05, 4.69) is 6.58 Å². The van der Waals surface area contributed by atoms with Crippen molar-refractivity contribution in [1.29, 1.82) is 0 Å². The maximum atomic E-state index is 13.1. The summed E-state index contributed by atoms with van der Waals surface area (Å²) in [6.07, 6.45) is 1.89. The zero-order chi connectivity index (χ0) is 21.9. The Balaban J connectivity index is 1.91. The lowest BCUT2D eigenvalue weighted by atomic mass is 10.1. The zero-order valence-electron chi connectivity index (χ0n) is 16.6. The van der Waals surface area contributed by atoms with Gasteiger partial charge in [0.15, 0.2) is 9.84 Å². The molecule has 1 amide bonds. The summed E-state index contributed by atoms with van der Waals surface area (Å²) in [7, 11) is -5.60. The van der Waals surface area contributed by atoms with Crippen LogP contribution in [0.1, 0.15) is 16.8 Å². The minimum absolute atomic E-state index is 0.0164. The Morgan fingerprint density at radius 1 is 1.17 bits per heavy atom. The van der Waals surface area contributed by atoms with Gasteiger partial charge in [-0.1, -0.05) is 30.3 Å². The van der Waals surface area contributed by atoms with E-state index in [4.69, 9.17) is 0 Å². The van der Waals surface area contributed by atoms with Gasteiger partial charge in [-0.15, -0.1) is 6.58 Å². The third kappa shape index (κ3) is 4.57. The first-order chi connectivity index (χ1) is 14.2. The molecule has 0 aliphatic carbocycles. The molecule has 0 radical (unpaired) electrons. The maximum absolute atomic E-state index is 13.1. The van der Waals surface area contributed by atoms with Crippen molar-refractivity contribution in [1.82, 2.24) is 4.90 Å². The summed E-state index contributed by atoms with van der Waals surface area (Å²) in [5, 5.41) is 0. The molecule has 9 heteroatoms. The molecule has 0 spiro atoms. The van der Waals surface area contributed by atoms with Gasteiger partial charge in [-0.3, -0.25) is 9.10 Å². The first kappa shape index (κ1) is 22.0. The Hall–Kier alpha value is -2.65. The van der Waals surface area contributed by atoms with Crippen LogP contribution >= 0.6 is 0 Å². The Labute approximate surface area is 177 Å². The third-order valence-corrected chi connectivity index (χ3v) is 8.63. The molecule has 0 N–H and O–H groups in total. The van der Waals surface area contributed by atoms with E-state index in [1.54, 1.807) is 30.3 Å². The average molecular weight is 449 g/mol. The van der Waals surface area contributed by atoms with Crippen LogP contribution < -0.4 is 4.31 Å². The molecule has 30 heavy (non-hydrogen) atoms. The van der Waals surface area contributed by atoms with Crippen molar-refractivity contribution in [2.45, 2.75) is 17.4 Å². The van der Waals surface area contributed by atoms with Crippen molar-refractivity contribution < 1.29 is 21.6 Å². The van der Waals surface area contributed by atoms with Crippen molar-refractivity contribution in [3.05, 3.63) is 72.8 Å². The molecule has 1 aliphatic rings. The lowest BCUT2D eigenvalue weighted by molar-refractivity contribution is 0.0720. The first-order valence-electron chi connectivity index (χ1n) is 9.42. The topological polar surface area (TPSA) is 91.8 Å². The van der Waals surface area contributed by atoms with Gasteiger partial charge in [0.05, 0.1) is 22.1 Å². The number of hydrogen-bond acceptors (Lipinski definition) is 5. The fraction of sp³-hybridized carbons (Fsp3) is 0.286. The summed E-state index contributed by atoms with van der Waals surface area (Å²) < 4.78 is 51.0. The molecule has 0 bridgehead atoms. The highest BCUT2D eigenvalue weighted by Crippen LogP contribution is 2.24. The Bertz CT molecular complexity index is 1140. The van der Waals surface area contributed by atoms with Crippen molar-refractivity contribution in [3.8, 4) is 0 Å². The zero-order valence-corrected chi connectivity index (χ0v) is 18.3. The molecule has 1 saturated heterocycles. The summed E-state index contributed by atoms with van der Waals surface area (Å²) >= 11 is 0. The molecular formula is C21H24N2O5S2. The first-order valence-corrected chi connectivity index (χ1v) is 12.7. The van der Waals surface area contributed by atoms with Gasteiger partial charge in [-0.25, -0.2) is 16.8 Å². The van der Waals surface area contributed by atoms with E-state index in [9.17, 15) is 21.6 Å². The van der Waals surface area contributed by atoms with Crippen molar-refractivity contribution in [2.24, 2.45) is 0 Å². The summed E-state index contributed by atoms with van der Waals surface area (Å²) in [6.45, 7) is 3.83. The van der Waals surface area contributed by atoms with E-state index >= 15 is 0 Å². The maximum Gasteiger partial charge on any atom is 0.264 e. The van der Waals surface area contributed by atoms with Gasteiger partial charge in [-0.2, -0.15) is 0 Å². The van der Waals surface area contributed by atoms with E-state index in [0.717, 1.165) is 4.31 Å². The fourth-order valence-corrected chi connectivity index (χ4v) is 6.42. The molecule has 3 rings (SSSR count). The van der Waals surface area contributed by atoms with E-state index in [-0.39, 0.29) is 28.5 Å². The van der Waals surface area contributed by atoms with E-state index in [1.165, 1.54) is 42.3 Å². The van der Waals surface area contributed by atoms with Gasteiger partial charge < -0.3 is 4.90 Å². The molecular weight excluding hydrogens is 424 g/mol. The van der Waals surface area contributed by atoms with Gasteiger partial charge in [0.2, 0.25) is 0 Å². The third-order valence-electron chi connectivity index (χ3n) is 5.10. The molecule has 0 aromatic heterocycles. The molecule has 2 aromatic rings. The molecule has 2 aromatic carbocycles. The number of carbonyl (C=O) groups is 1. The van der Waals surface area contributed by atoms with Gasteiger partial charge >= 0.3 is 0 Å². The molecule has 1 heterocycles. The van der Waals surface area contributed by atoms with Gasteiger partial charge in [-0.05, 0) is 36.8 Å². The predicted octanol–water partition coefficient (Wildman–Crippen LogP) is 2.33. The van der Waals surface area contributed by atoms with Crippen LogP contribution in [0.4, 0.5) is 5.69 Å². The van der Waals surface area contributed by atoms with Gasteiger partial charge in [0.25, 0.3) is 15.9 Å². The van der Waals surface area contributed by atoms with Gasteiger partial charge in [0.1, 0.15) is 0 Å². The van der Waals surface area contributed by atoms with E-state index in [0.29, 0.717) is 12.1 Å². The molecule has 1 unspecified atom stereocenters. The number of sulfonamides is 1. The normalized spacial score (nSPS) is 18.0. The number of benzene rings is 2. The Morgan fingerprint density at radius 2 is 1.87 bits per heavy atom. The van der Waals surface area contributed by atoms with Crippen molar-refractivity contribution in [3.63, 3.8) is 0 Å². The minimum Gasteiger partial charge on any atom is -0.331 e. The largest absolute Gasteiger partial charge is 0.331 e. The number of amides is 1. The second-order valence-corrected chi connectivity index (χ2v) is 11.3. The average Bonchev–Trinajstić information content (AvgIpc) is 3.11. The van der Waals surface area contributed by atoms with Crippen LogP contribution in [0.2, 0.25) is 0 Å². The summed E-state index contributed by atoms with van der Waals surface area (Å²) in [5.41, 5.74) is 0.683. The molecule has 1 aliphatic heterocycles. The summed E-state index contributed by atoms with van der Waals surface area (Å²) in [4.78, 5) is 14.6. The number of para-hydroxylation sites is 1. The van der Waals surface area contributed by atoms with Crippen LogP contribution in [-0.2, 0) is 19.9 Å². The second kappa shape index (κ2) is 8.61. The van der Waals surface area contributed by atoms with Gasteiger partial charge in [0, 0.05) is 25.2 Å². The molecule has 7 nitrogen and oxygen atoms in total. The monoisotopic (exact) mass is 448 g/mol. The second-order valence-electron chi connectivity index (χ2n) is 7.14. The summed E-state index contributed by atoms with van der Waals surface area (Å²) in [5.74, 6) is -0.479. The molecule has 1 atom stereocenters. The number of carbonyl (C=O) groups excluding carboxylic acids is 1. The van der Waals surface area contributed by atoms with Crippen molar-refractivity contribution >= 4 is 31.5 Å². The fourth-order valence-electron chi connectivity index (χ4n) is 3.45. The lowest BCUT2D eigenvalue weighted by Crippen LogP contribution is -2.41. The van der Waals surface area contributed by atoms with Crippen LogP contribution in [0.25, 0.3) is 0 Å². The predicted molar refractivity (Wildman–Crippen MR) is 117 cm³/mol. The molecule has 160 valence electrons. The highest BCUT2D eigenvalue weighted by atomic mass is 32.2. The number of rotatable bonds is 7. The van der Waals surface area contributed by atoms with Crippen LogP contribution in [0.5, 0.6) is 0 Å². The van der Waals surface area contributed by atoms with E-state index in [1.807, 2.05) is 0 Å². The van der Waals surface area contributed by atoms with Crippen LogP contribution in [-0.4, -0.2) is 58.8 Å². The quantitative estimate of drug-likeness (QED) is 0.606. The van der Waals surface area contributed by atoms with Crippen LogP contribution in [0.15, 0.2) is 72.1 Å².